The lowest BCUT2D eigenvalue weighted by Gasteiger charge is -2.19. The minimum absolute atomic E-state index is 0.142. The third-order valence-electron chi connectivity index (χ3n) is 3.40. The van der Waals surface area contributed by atoms with Crippen LogP contribution in [0.4, 0.5) is 0 Å². The van der Waals surface area contributed by atoms with Crippen LogP contribution in [0.2, 0.25) is 0 Å². The molecule has 1 N–H and O–H groups in total. The molecular weight excluding hydrogens is 200 g/mol. The second-order valence-corrected chi connectivity index (χ2v) is 4.66. The summed E-state index contributed by atoms with van der Waals surface area (Å²) in [7, 11) is 0. The fraction of sp³-hybridized carbons (Fsp3) is 0.462. The molecular formula is C13H16N2O. The predicted molar refractivity (Wildman–Crippen MR) is 61.6 cm³/mol. The predicted octanol–water partition coefficient (Wildman–Crippen LogP) is 1.67. The largest absolute Gasteiger partial charge is 0.323 e. The Morgan fingerprint density at radius 2 is 1.94 bits per heavy atom. The summed E-state index contributed by atoms with van der Waals surface area (Å²) >= 11 is 0. The van der Waals surface area contributed by atoms with Crippen LogP contribution >= 0.6 is 0 Å². The number of hydrogen-bond acceptors (Lipinski definition) is 2. The molecule has 1 aliphatic carbocycles. The molecule has 2 aliphatic rings. The number of benzene rings is 1. The van der Waals surface area contributed by atoms with Gasteiger partial charge >= 0.3 is 0 Å². The van der Waals surface area contributed by atoms with E-state index in [1.165, 1.54) is 12.8 Å². The lowest BCUT2D eigenvalue weighted by Crippen LogP contribution is -2.36. The van der Waals surface area contributed by atoms with E-state index in [1.807, 2.05) is 35.2 Å². The number of carbonyl (C=O) groups excluding carboxylic acids is 1. The molecule has 1 aromatic carbocycles. The molecule has 2 fully saturated rings. The van der Waals surface area contributed by atoms with Crippen LogP contribution in [0.5, 0.6) is 0 Å². The molecule has 3 heteroatoms. The lowest BCUT2D eigenvalue weighted by atomic mass is 10.1. The number of amides is 1. The van der Waals surface area contributed by atoms with Crippen molar-refractivity contribution >= 4 is 5.91 Å². The Bertz CT molecular complexity index is 400. The van der Waals surface area contributed by atoms with Gasteiger partial charge in [-0.05, 0) is 25.3 Å². The second-order valence-electron chi connectivity index (χ2n) is 4.66. The monoisotopic (exact) mass is 216 g/mol. The number of hydrogen-bond donors (Lipinski definition) is 1. The van der Waals surface area contributed by atoms with Crippen molar-refractivity contribution < 1.29 is 4.79 Å². The Balaban J connectivity index is 1.86. The molecule has 1 aliphatic heterocycles. The van der Waals surface area contributed by atoms with Gasteiger partial charge in [0, 0.05) is 6.04 Å². The summed E-state index contributed by atoms with van der Waals surface area (Å²) in [5.74, 6) is 0.237. The first-order chi connectivity index (χ1) is 7.77. The molecule has 0 spiro atoms. The summed E-state index contributed by atoms with van der Waals surface area (Å²) in [6.45, 7) is 2.07. The van der Waals surface area contributed by atoms with Gasteiger partial charge in [-0.15, -0.1) is 0 Å². The van der Waals surface area contributed by atoms with Gasteiger partial charge in [-0.25, -0.2) is 0 Å². The van der Waals surface area contributed by atoms with Crippen molar-refractivity contribution in [3.05, 3.63) is 35.9 Å². The third kappa shape index (κ3) is 1.52. The molecule has 3 nitrogen and oxygen atoms in total. The van der Waals surface area contributed by atoms with Gasteiger partial charge in [0.05, 0.1) is 6.17 Å². The molecule has 1 saturated heterocycles. The first kappa shape index (κ1) is 9.85. The van der Waals surface area contributed by atoms with Crippen LogP contribution in [-0.2, 0) is 4.79 Å². The average molecular weight is 216 g/mol. The van der Waals surface area contributed by atoms with Gasteiger partial charge < -0.3 is 4.90 Å². The molecule has 84 valence electrons. The summed E-state index contributed by atoms with van der Waals surface area (Å²) in [6.07, 6.45) is 2.50. The number of carbonyl (C=O) groups is 1. The van der Waals surface area contributed by atoms with Gasteiger partial charge in [0.25, 0.3) is 0 Å². The summed E-state index contributed by atoms with van der Waals surface area (Å²) < 4.78 is 0. The Morgan fingerprint density at radius 1 is 1.25 bits per heavy atom. The maximum Gasteiger partial charge on any atom is 0.245 e. The van der Waals surface area contributed by atoms with E-state index in [0.29, 0.717) is 6.04 Å². The first-order valence-electron chi connectivity index (χ1n) is 5.90. The Labute approximate surface area is 95.4 Å². The number of rotatable bonds is 2. The molecule has 1 amide bonds. The number of nitrogens with zero attached hydrogens (tertiary/aromatic N) is 1. The minimum Gasteiger partial charge on any atom is -0.323 e. The Hall–Kier alpha value is -1.35. The first-order valence-corrected chi connectivity index (χ1v) is 5.90. The second kappa shape index (κ2) is 3.59. The molecule has 0 bridgehead atoms. The molecule has 16 heavy (non-hydrogen) atoms. The third-order valence-corrected chi connectivity index (χ3v) is 3.40. The van der Waals surface area contributed by atoms with E-state index in [4.69, 9.17) is 0 Å². The van der Waals surface area contributed by atoms with Gasteiger partial charge in [-0.1, -0.05) is 30.3 Å². The zero-order valence-corrected chi connectivity index (χ0v) is 9.39. The van der Waals surface area contributed by atoms with E-state index in [2.05, 4.69) is 12.2 Å². The van der Waals surface area contributed by atoms with Crippen LogP contribution in [0.3, 0.4) is 0 Å². The van der Waals surface area contributed by atoms with Crippen LogP contribution in [0.25, 0.3) is 0 Å². The zero-order chi connectivity index (χ0) is 11.1. The quantitative estimate of drug-likeness (QED) is 0.815. The summed E-state index contributed by atoms with van der Waals surface area (Å²) in [5, 5.41) is 3.37. The maximum absolute atomic E-state index is 12.3. The normalized spacial score (nSPS) is 29.8. The van der Waals surface area contributed by atoms with Gasteiger partial charge in [-0.3, -0.25) is 10.1 Å². The highest BCUT2D eigenvalue weighted by Crippen LogP contribution is 2.34. The van der Waals surface area contributed by atoms with Gasteiger partial charge in [0.2, 0.25) is 5.91 Å². The average Bonchev–Trinajstić information content (AvgIpc) is 3.07. The Morgan fingerprint density at radius 3 is 2.56 bits per heavy atom. The van der Waals surface area contributed by atoms with E-state index in [1.54, 1.807) is 0 Å². The van der Waals surface area contributed by atoms with Crippen LogP contribution < -0.4 is 5.32 Å². The van der Waals surface area contributed by atoms with E-state index >= 15 is 0 Å². The highest BCUT2D eigenvalue weighted by molar-refractivity contribution is 5.86. The molecule has 1 heterocycles. The molecule has 2 unspecified atom stereocenters. The molecule has 0 aromatic heterocycles. The van der Waals surface area contributed by atoms with Crippen molar-refractivity contribution in [2.45, 2.75) is 38.0 Å². The highest BCUT2D eigenvalue weighted by Gasteiger charge is 2.44. The summed E-state index contributed by atoms with van der Waals surface area (Å²) in [4.78, 5) is 14.3. The molecule has 1 saturated carbocycles. The molecule has 3 rings (SSSR count). The molecule has 1 aromatic rings. The van der Waals surface area contributed by atoms with E-state index < -0.39 is 0 Å². The van der Waals surface area contributed by atoms with Crippen molar-refractivity contribution in [3.63, 3.8) is 0 Å². The molecule has 0 radical (unpaired) electrons. The number of nitrogens with one attached hydrogen (secondary N) is 1. The van der Waals surface area contributed by atoms with Crippen LogP contribution in [0.1, 0.15) is 31.4 Å². The lowest BCUT2D eigenvalue weighted by molar-refractivity contribution is -0.130. The van der Waals surface area contributed by atoms with Crippen LogP contribution in [0, 0.1) is 0 Å². The van der Waals surface area contributed by atoms with Gasteiger partial charge in [0.1, 0.15) is 6.04 Å². The van der Waals surface area contributed by atoms with E-state index in [9.17, 15) is 4.79 Å². The van der Waals surface area contributed by atoms with Crippen LogP contribution in [-0.4, -0.2) is 23.0 Å². The minimum atomic E-state index is -0.142. The Kier molecular flexibility index (Phi) is 2.21. The van der Waals surface area contributed by atoms with E-state index in [0.717, 1.165) is 5.56 Å². The van der Waals surface area contributed by atoms with Gasteiger partial charge in [-0.2, -0.15) is 0 Å². The van der Waals surface area contributed by atoms with Crippen molar-refractivity contribution in [3.8, 4) is 0 Å². The fourth-order valence-electron chi connectivity index (χ4n) is 2.47. The fourth-order valence-corrected chi connectivity index (χ4v) is 2.47. The van der Waals surface area contributed by atoms with Crippen LogP contribution in [0.15, 0.2) is 30.3 Å². The van der Waals surface area contributed by atoms with Crippen molar-refractivity contribution in [2.24, 2.45) is 0 Å². The smallest absolute Gasteiger partial charge is 0.245 e. The maximum atomic E-state index is 12.3. The summed E-state index contributed by atoms with van der Waals surface area (Å²) in [6, 6.07) is 10.3. The molecule has 2 atom stereocenters. The van der Waals surface area contributed by atoms with Crippen molar-refractivity contribution in [1.82, 2.24) is 10.2 Å². The zero-order valence-electron chi connectivity index (χ0n) is 9.39. The SMILES string of the molecule is CC1NC(c2ccccc2)C(=O)N1C1CC1. The standard InChI is InChI=1S/C13H16N2O/c1-9-14-12(10-5-3-2-4-6-10)13(16)15(9)11-7-8-11/h2-6,9,11-12,14H,7-8H2,1H3. The van der Waals surface area contributed by atoms with Crippen molar-refractivity contribution in [1.29, 1.82) is 0 Å². The summed E-state index contributed by atoms with van der Waals surface area (Å²) in [5.41, 5.74) is 1.07. The highest BCUT2D eigenvalue weighted by atomic mass is 16.2. The van der Waals surface area contributed by atoms with Crippen molar-refractivity contribution in [2.75, 3.05) is 0 Å². The van der Waals surface area contributed by atoms with Gasteiger partial charge in [0.15, 0.2) is 0 Å². The topological polar surface area (TPSA) is 32.3 Å². The van der Waals surface area contributed by atoms with E-state index in [-0.39, 0.29) is 18.1 Å².